The molecule has 0 N–H and O–H groups in total. The van der Waals surface area contributed by atoms with E-state index in [0.29, 0.717) is 5.92 Å². The van der Waals surface area contributed by atoms with Crippen LogP contribution in [0.1, 0.15) is 26.7 Å². The first-order valence-electron chi connectivity index (χ1n) is 6.30. The first kappa shape index (κ1) is 13.6. The van der Waals surface area contributed by atoms with Gasteiger partial charge in [-0.05, 0) is 59.5 Å². The van der Waals surface area contributed by atoms with E-state index >= 15 is 0 Å². The van der Waals surface area contributed by atoms with E-state index in [4.69, 9.17) is 4.74 Å². The van der Waals surface area contributed by atoms with E-state index in [2.05, 4.69) is 36.4 Å². The molecule has 18 heavy (non-hydrogen) atoms. The Morgan fingerprint density at radius 1 is 1.44 bits per heavy atom. The highest BCUT2D eigenvalue weighted by Gasteiger charge is 2.25. The van der Waals surface area contributed by atoms with Gasteiger partial charge in [-0.1, -0.05) is 13.8 Å². The highest BCUT2D eigenvalue weighted by atomic mass is 127. The third kappa shape index (κ3) is 3.16. The van der Waals surface area contributed by atoms with Crippen molar-refractivity contribution in [1.82, 2.24) is 0 Å². The summed E-state index contributed by atoms with van der Waals surface area (Å²) in [6, 6.07) is 5.96. The summed E-state index contributed by atoms with van der Waals surface area (Å²) in [6.45, 7) is 5.36. The molecular weight excluding hydrogens is 341 g/mol. The van der Waals surface area contributed by atoms with Crippen molar-refractivity contribution >= 4 is 34.2 Å². The van der Waals surface area contributed by atoms with E-state index in [1.54, 1.807) is 0 Å². The molecule has 0 atom stereocenters. The van der Waals surface area contributed by atoms with Gasteiger partial charge in [-0.15, -0.1) is 0 Å². The summed E-state index contributed by atoms with van der Waals surface area (Å²) in [6.07, 6.45) is 2.18. The van der Waals surface area contributed by atoms with Crippen LogP contribution in [0, 0.1) is 9.49 Å². The van der Waals surface area contributed by atoms with Crippen LogP contribution in [0.5, 0.6) is 5.75 Å². The van der Waals surface area contributed by atoms with Crippen molar-refractivity contribution in [1.29, 1.82) is 0 Å². The van der Waals surface area contributed by atoms with E-state index in [0.717, 1.165) is 34.4 Å². The van der Waals surface area contributed by atoms with Gasteiger partial charge in [0.1, 0.15) is 5.75 Å². The lowest BCUT2D eigenvalue weighted by Crippen LogP contribution is -2.39. The van der Waals surface area contributed by atoms with Crippen molar-refractivity contribution < 1.29 is 9.53 Å². The van der Waals surface area contributed by atoms with Crippen LogP contribution in [0.4, 0.5) is 5.69 Å². The smallest absolute Gasteiger partial charge is 0.265 e. The van der Waals surface area contributed by atoms with E-state index in [1.165, 1.54) is 0 Å². The van der Waals surface area contributed by atoms with E-state index in [-0.39, 0.29) is 12.5 Å². The molecule has 98 valence electrons. The highest BCUT2D eigenvalue weighted by molar-refractivity contribution is 14.1. The Hall–Kier alpha value is -0.780. The van der Waals surface area contributed by atoms with Crippen LogP contribution in [-0.4, -0.2) is 19.1 Å². The summed E-state index contributed by atoms with van der Waals surface area (Å²) in [4.78, 5) is 13.8. The van der Waals surface area contributed by atoms with Gasteiger partial charge < -0.3 is 9.64 Å². The van der Waals surface area contributed by atoms with Crippen LogP contribution in [0.2, 0.25) is 0 Å². The average Bonchev–Trinajstić information content (AvgIpc) is 2.31. The van der Waals surface area contributed by atoms with Crippen LogP contribution in [0.25, 0.3) is 0 Å². The maximum atomic E-state index is 11.9. The number of halogens is 1. The van der Waals surface area contributed by atoms with Crippen LogP contribution in [0.3, 0.4) is 0 Å². The molecule has 0 aromatic heterocycles. The third-order valence-electron chi connectivity index (χ3n) is 3.03. The minimum Gasteiger partial charge on any atom is -0.482 e. The highest BCUT2D eigenvalue weighted by Crippen LogP contribution is 2.33. The number of carbonyl (C=O) groups is 1. The number of ether oxygens (including phenoxy) is 1. The lowest BCUT2D eigenvalue weighted by molar-refractivity contribution is -0.121. The maximum Gasteiger partial charge on any atom is 0.265 e. The van der Waals surface area contributed by atoms with Crippen molar-refractivity contribution in [3.8, 4) is 5.75 Å². The normalized spacial score (nSPS) is 14.7. The Bertz CT molecular complexity index is 445. The fourth-order valence-electron chi connectivity index (χ4n) is 2.08. The lowest BCUT2D eigenvalue weighted by Gasteiger charge is -2.29. The second-order valence-corrected chi connectivity index (χ2v) is 6.23. The lowest BCUT2D eigenvalue weighted by atomic mass is 10.1. The molecule has 0 unspecified atom stereocenters. The molecule has 0 saturated carbocycles. The van der Waals surface area contributed by atoms with Gasteiger partial charge >= 0.3 is 0 Å². The quantitative estimate of drug-likeness (QED) is 0.771. The average molecular weight is 359 g/mol. The van der Waals surface area contributed by atoms with Crippen LogP contribution >= 0.6 is 22.6 Å². The van der Waals surface area contributed by atoms with Gasteiger partial charge in [0, 0.05) is 10.1 Å². The van der Waals surface area contributed by atoms with Crippen molar-refractivity contribution in [2.24, 2.45) is 5.92 Å². The third-order valence-corrected chi connectivity index (χ3v) is 3.70. The molecule has 1 aliphatic heterocycles. The molecule has 1 amide bonds. The Morgan fingerprint density at radius 3 is 2.94 bits per heavy atom. The maximum absolute atomic E-state index is 11.9. The Labute approximate surface area is 122 Å². The first-order chi connectivity index (χ1) is 8.58. The molecule has 1 aliphatic rings. The molecule has 1 heterocycles. The van der Waals surface area contributed by atoms with Gasteiger partial charge in [0.2, 0.25) is 0 Å². The number of carbonyl (C=O) groups excluding carboxylic acids is 1. The van der Waals surface area contributed by atoms with Crippen molar-refractivity contribution in [2.45, 2.75) is 26.7 Å². The van der Waals surface area contributed by atoms with Crippen molar-refractivity contribution in [2.75, 3.05) is 18.1 Å². The van der Waals surface area contributed by atoms with Gasteiger partial charge in [0.05, 0.1) is 5.69 Å². The predicted octanol–water partition coefficient (Wildman–Crippen LogP) is 3.45. The molecule has 0 bridgehead atoms. The number of rotatable bonds is 4. The molecule has 3 nitrogen and oxygen atoms in total. The first-order valence-corrected chi connectivity index (χ1v) is 7.38. The van der Waals surface area contributed by atoms with Gasteiger partial charge in [0.15, 0.2) is 6.61 Å². The SMILES string of the molecule is CC(C)CCCN1C(=O)COc2ccc(I)cc21. The van der Waals surface area contributed by atoms with Crippen LogP contribution in [-0.2, 0) is 4.79 Å². The molecule has 4 heteroatoms. The van der Waals surface area contributed by atoms with E-state index in [9.17, 15) is 4.79 Å². The van der Waals surface area contributed by atoms with E-state index in [1.807, 2.05) is 23.1 Å². The zero-order chi connectivity index (χ0) is 13.1. The number of anilines is 1. The van der Waals surface area contributed by atoms with Crippen molar-refractivity contribution in [3.05, 3.63) is 21.8 Å². The van der Waals surface area contributed by atoms with Crippen LogP contribution in [0.15, 0.2) is 18.2 Å². The van der Waals surface area contributed by atoms with Gasteiger partial charge in [-0.25, -0.2) is 0 Å². The molecule has 2 rings (SSSR count). The largest absolute Gasteiger partial charge is 0.482 e. The summed E-state index contributed by atoms with van der Waals surface area (Å²) in [5.41, 5.74) is 0.918. The molecule has 0 fully saturated rings. The van der Waals surface area contributed by atoms with Gasteiger partial charge in [-0.3, -0.25) is 4.79 Å². The second-order valence-electron chi connectivity index (χ2n) is 4.98. The molecule has 0 aliphatic carbocycles. The minimum atomic E-state index is 0.0632. The zero-order valence-corrected chi connectivity index (χ0v) is 12.9. The number of benzene rings is 1. The minimum absolute atomic E-state index is 0.0632. The Kier molecular flexibility index (Phi) is 4.48. The summed E-state index contributed by atoms with van der Waals surface area (Å²) in [7, 11) is 0. The second kappa shape index (κ2) is 5.91. The molecule has 0 radical (unpaired) electrons. The molecular formula is C14H18INO2. The number of hydrogen-bond acceptors (Lipinski definition) is 2. The summed E-state index contributed by atoms with van der Waals surface area (Å²) in [5.74, 6) is 1.56. The summed E-state index contributed by atoms with van der Waals surface area (Å²) >= 11 is 2.26. The van der Waals surface area contributed by atoms with Gasteiger partial charge in [-0.2, -0.15) is 0 Å². The molecule has 0 saturated heterocycles. The number of amides is 1. The Balaban J connectivity index is 2.14. The number of fused-ring (bicyclic) bond motifs is 1. The van der Waals surface area contributed by atoms with Crippen LogP contribution < -0.4 is 9.64 Å². The topological polar surface area (TPSA) is 29.5 Å². The monoisotopic (exact) mass is 359 g/mol. The van der Waals surface area contributed by atoms with Gasteiger partial charge in [0.25, 0.3) is 5.91 Å². The predicted molar refractivity (Wildman–Crippen MR) is 81.1 cm³/mol. The fourth-order valence-corrected chi connectivity index (χ4v) is 2.55. The molecule has 1 aromatic carbocycles. The van der Waals surface area contributed by atoms with Crippen molar-refractivity contribution in [3.63, 3.8) is 0 Å². The molecule has 1 aromatic rings. The fraction of sp³-hybridized carbons (Fsp3) is 0.500. The molecule has 0 spiro atoms. The summed E-state index contributed by atoms with van der Waals surface area (Å²) in [5, 5.41) is 0. The van der Waals surface area contributed by atoms with E-state index < -0.39 is 0 Å². The Morgan fingerprint density at radius 2 is 2.22 bits per heavy atom. The number of hydrogen-bond donors (Lipinski definition) is 0. The zero-order valence-electron chi connectivity index (χ0n) is 10.8. The summed E-state index contributed by atoms with van der Waals surface area (Å²) < 4.78 is 6.58. The number of nitrogens with zero attached hydrogens (tertiary/aromatic N) is 1. The standard InChI is InChI=1S/C14H18INO2/c1-10(2)4-3-7-16-12-8-11(15)5-6-13(12)18-9-14(16)17/h5-6,8,10H,3-4,7,9H2,1-2H3.